The number of anilines is 1. The van der Waals surface area contributed by atoms with E-state index in [4.69, 9.17) is 11.0 Å². The van der Waals surface area contributed by atoms with Crippen molar-refractivity contribution in [2.24, 2.45) is 16.1 Å². The second-order valence-corrected chi connectivity index (χ2v) is 3.02. The van der Waals surface area contributed by atoms with E-state index in [1.807, 2.05) is 0 Å². The van der Waals surface area contributed by atoms with E-state index in [9.17, 15) is 14.9 Å². The van der Waals surface area contributed by atoms with Crippen LogP contribution in [-0.4, -0.2) is 17.4 Å². The number of nitrogens with two attached hydrogens (primary N) is 1. The smallest absolute Gasteiger partial charge is 0.295 e. The highest BCUT2D eigenvalue weighted by Crippen LogP contribution is 2.25. The lowest BCUT2D eigenvalue weighted by atomic mass is 10.1. The third-order valence-corrected chi connectivity index (χ3v) is 1.86. The molecular formula is C9H8N6O3. The first-order chi connectivity index (χ1) is 8.56. The molecule has 0 fully saturated rings. The minimum Gasteiger partial charge on any atom is -0.366 e. The summed E-state index contributed by atoms with van der Waals surface area (Å²) in [7, 11) is 0. The molecule has 0 bridgehead atoms. The van der Waals surface area contributed by atoms with E-state index < -0.39 is 10.8 Å². The van der Waals surface area contributed by atoms with Crippen molar-refractivity contribution in [1.82, 2.24) is 0 Å². The Morgan fingerprint density at radius 2 is 2.33 bits per heavy atom. The van der Waals surface area contributed by atoms with Gasteiger partial charge in [0, 0.05) is 11.6 Å². The van der Waals surface area contributed by atoms with Crippen LogP contribution in [0.15, 0.2) is 28.5 Å². The van der Waals surface area contributed by atoms with E-state index >= 15 is 0 Å². The summed E-state index contributed by atoms with van der Waals surface area (Å²) in [6.45, 7) is -0.167. The average Bonchev–Trinajstić information content (AvgIpc) is 2.34. The van der Waals surface area contributed by atoms with Gasteiger partial charge >= 0.3 is 0 Å². The van der Waals surface area contributed by atoms with Gasteiger partial charge in [-0.1, -0.05) is 5.22 Å². The number of carbonyl (C=O) groups excluding carboxylic acids is 1. The zero-order valence-corrected chi connectivity index (χ0v) is 9.03. The Morgan fingerprint density at radius 1 is 1.61 bits per heavy atom. The van der Waals surface area contributed by atoms with Crippen molar-refractivity contribution in [3.63, 3.8) is 0 Å². The molecule has 9 heteroatoms. The van der Waals surface area contributed by atoms with E-state index in [2.05, 4.69) is 15.8 Å². The van der Waals surface area contributed by atoms with Crippen molar-refractivity contribution < 1.29 is 9.72 Å². The first-order valence-electron chi connectivity index (χ1n) is 4.64. The molecule has 9 nitrogen and oxygen atoms in total. The number of amides is 1. The van der Waals surface area contributed by atoms with E-state index in [0.717, 1.165) is 6.07 Å². The maximum Gasteiger partial charge on any atom is 0.295 e. The standard InChI is InChI=1S/C9H8N6O3/c10-3-4-12-14-13-7-2-1-6(9(11)16)5-8(7)15(17)18/h1-2,5H,4H2,(H2,11,16)(H,12,13). The highest BCUT2D eigenvalue weighted by Gasteiger charge is 2.16. The number of nitrogens with one attached hydrogen (secondary N) is 1. The highest BCUT2D eigenvalue weighted by molar-refractivity contribution is 5.94. The maximum absolute atomic E-state index is 10.9. The third kappa shape index (κ3) is 3.24. The maximum atomic E-state index is 10.9. The van der Waals surface area contributed by atoms with Gasteiger partial charge in [-0.05, 0) is 12.1 Å². The van der Waals surface area contributed by atoms with Crippen LogP contribution >= 0.6 is 0 Å². The summed E-state index contributed by atoms with van der Waals surface area (Å²) < 4.78 is 0. The van der Waals surface area contributed by atoms with Gasteiger partial charge in [0.15, 0.2) is 0 Å². The Morgan fingerprint density at radius 3 is 2.89 bits per heavy atom. The second-order valence-electron chi connectivity index (χ2n) is 3.02. The Balaban J connectivity index is 3.01. The average molecular weight is 248 g/mol. The van der Waals surface area contributed by atoms with Gasteiger partial charge < -0.3 is 5.73 Å². The van der Waals surface area contributed by atoms with Crippen molar-refractivity contribution in [2.75, 3.05) is 12.0 Å². The van der Waals surface area contributed by atoms with E-state index in [1.165, 1.54) is 12.1 Å². The topological polar surface area (TPSA) is 147 Å². The Hall–Kier alpha value is -3.02. The molecule has 0 saturated heterocycles. The Kier molecular flexibility index (Phi) is 4.28. The number of hydrogen-bond acceptors (Lipinski definition) is 6. The fraction of sp³-hybridized carbons (Fsp3) is 0.111. The molecule has 0 saturated carbocycles. The zero-order valence-electron chi connectivity index (χ0n) is 9.03. The van der Waals surface area contributed by atoms with Crippen molar-refractivity contribution in [3.8, 4) is 6.07 Å². The molecule has 0 aliphatic carbocycles. The molecule has 1 aromatic rings. The van der Waals surface area contributed by atoms with Gasteiger partial charge in [0.05, 0.1) is 11.0 Å². The number of hydrogen-bond donors (Lipinski definition) is 2. The van der Waals surface area contributed by atoms with E-state index in [1.54, 1.807) is 6.07 Å². The Bertz CT molecular complexity index is 548. The van der Waals surface area contributed by atoms with Crippen molar-refractivity contribution in [3.05, 3.63) is 33.9 Å². The summed E-state index contributed by atoms with van der Waals surface area (Å²) in [5.74, 6) is -0.768. The number of nitrogens with zero attached hydrogens (tertiary/aromatic N) is 4. The molecule has 92 valence electrons. The largest absolute Gasteiger partial charge is 0.366 e. The molecule has 0 aromatic heterocycles. The molecule has 1 aromatic carbocycles. The number of primary amides is 1. The number of rotatable bonds is 5. The van der Waals surface area contributed by atoms with Crippen LogP contribution in [-0.2, 0) is 0 Å². The number of carbonyl (C=O) groups is 1. The molecule has 18 heavy (non-hydrogen) atoms. The summed E-state index contributed by atoms with van der Waals surface area (Å²) in [4.78, 5) is 21.0. The quantitative estimate of drug-likeness (QED) is 0.345. The van der Waals surface area contributed by atoms with Crippen LogP contribution < -0.4 is 11.2 Å². The summed E-state index contributed by atoms with van der Waals surface area (Å²) in [5.41, 5.74) is 7.03. The molecule has 0 aliphatic heterocycles. The molecule has 1 rings (SSSR count). The molecule has 0 atom stereocenters. The van der Waals surface area contributed by atoms with Crippen LogP contribution in [0.2, 0.25) is 0 Å². The van der Waals surface area contributed by atoms with E-state index in [-0.39, 0.29) is 23.5 Å². The first-order valence-corrected chi connectivity index (χ1v) is 4.64. The normalized spacial score (nSPS) is 9.94. The van der Waals surface area contributed by atoms with Crippen LogP contribution in [0.5, 0.6) is 0 Å². The molecule has 0 radical (unpaired) electrons. The number of nitriles is 1. The minimum atomic E-state index is -0.768. The fourth-order valence-electron chi connectivity index (χ4n) is 1.09. The van der Waals surface area contributed by atoms with Gasteiger partial charge in [0.1, 0.15) is 12.2 Å². The molecule has 0 heterocycles. The Labute approximate surface area is 101 Å². The van der Waals surface area contributed by atoms with Gasteiger partial charge in [-0.3, -0.25) is 20.3 Å². The molecule has 3 N–H and O–H groups in total. The monoisotopic (exact) mass is 248 g/mol. The predicted octanol–water partition coefficient (Wildman–Crippen LogP) is 0.996. The first kappa shape index (κ1) is 13.0. The van der Waals surface area contributed by atoms with Gasteiger partial charge in [-0.25, -0.2) is 0 Å². The highest BCUT2D eigenvalue weighted by atomic mass is 16.6. The lowest BCUT2D eigenvalue weighted by Crippen LogP contribution is -2.11. The van der Waals surface area contributed by atoms with Crippen molar-refractivity contribution in [2.45, 2.75) is 0 Å². The molecule has 0 unspecified atom stereocenters. The number of nitro groups is 1. The van der Waals surface area contributed by atoms with Crippen LogP contribution in [0.3, 0.4) is 0 Å². The summed E-state index contributed by atoms with van der Waals surface area (Å²) in [6.07, 6.45) is 0. The summed E-state index contributed by atoms with van der Waals surface area (Å²) >= 11 is 0. The number of nitro benzene ring substituents is 1. The molecular weight excluding hydrogens is 240 g/mol. The van der Waals surface area contributed by atoms with Gasteiger partial charge in [0.25, 0.3) is 5.69 Å². The lowest BCUT2D eigenvalue weighted by molar-refractivity contribution is -0.384. The minimum absolute atomic E-state index is 0.0150. The summed E-state index contributed by atoms with van der Waals surface area (Å²) in [6, 6.07) is 5.35. The predicted molar refractivity (Wildman–Crippen MR) is 60.6 cm³/mol. The number of benzene rings is 1. The van der Waals surface area contributed by atoms with Crippen LogP contribution in [0.4, 0.5) is 11.4 Å². The third-order valence-electron chi connectivity index (χ3n) is 1.86. The molecule has 0 spiro atoms. The van der Waals surface area contributed by atoms with Gasteiger partial charge in [-0.15, -0.1) is 0 Å². The molecule has 0 aliphatic rings. The van der Waals surface area contributed by atoms with Crippen LogP contribution in [0.25, 0.3) is 0 Å². The van der Waals surface area contributed by atoms with E-state index in [0.29, 0.717) is 0 Å². The van der Waals surface area contributed by atoms with Crippen LogP contribution in [0.1, 0.15) is 10.4 Å². The summed E-state index contributed by atoms with van der Waals surface area (Å²) in [5, 5.41) is 25.7. The fourth-order valence-corrected chi connectivity index (χ4v) is 1.09. The van der Waals surface area contributed by atoms with Crippen molar-refractivity contribution in [1.29, 1.82) is 5.26 Å². The lowest BCUT2D eigenvalue weighted by Gasteiger charge is -2.02. The van der Waals surface area contributed by atoms with Gasteiger partial charge in [0.2, 0.25) is 5.91 Å². The van der Waals surface area contributed by atoms with Crippen molar-refractivity contribution >= 4 is 17.3 Å². The SMILES string of the molecule is N#CCN=NNc1ccc(C(N)=O)cc1[N+](=O)[O-]. The molecule has 1 amide bonds. The van der Waals surface area contributed by atoms with Crippen LogP contribution in [0, 0.1) is 21.4 Å². The zero-order chi connectivity index (χ0) is 13.5. The second kappa shape index (κ2) is 5.90. The van der Waals surface area contributed by atoms with Gasteiger partial charge in [-0.2, -0.15) is 10.4 Å².